The third-order valence-electron chi connectivity index (χ3n) is 2.37. The molecule has 15 heavy (non-hydrogen) atoms. The van der Waals surface area contributed by atoms with E-state index in [0.717, 1.165) is 5.56 Å². The summed E-state index contributed by atoms with van der Waals surface area (Å²) >= 11 is 0. The molecule has 88 valence electrons. The van der Waals surface area contributed by atoms with E-state index in [0.29, 0.717) is 5.92 Å². The molecule has 0 spiro atoms. The van der Waals surface area contributed by atoms with Crippen molar-refractivity contribution in [2.75, 3.05) is 0 Å². The van der Waals surface area contributed by atoms with E-state index < -0.39 is 0 Å². The Labute approximate surface area is 104 Å². The quantitative estimate of drug-likeness (QED) is 0.867. The van der Waals surface area contributed by atoms with Crippen molar-refractivity contribution in [3.8, 4) is 0 Å². The maximum absolute atomic E-state index is 6.01. The second-order valence-electron chi connectivity index (χ2n) is 3.76. The van der Waals surface area contributed by atoms with Crippen LogP contribution in [0.1, 0.15) is 25.5 Å². The van der Waals surface area contributed by atoms with Crippen molar-refractivity contribution in [2.45, 2.75) is 25.9 Å². The SMILES string of the molecule is CC(C)[C@@H](N)[C@H](N)c1ccccc1.Cl.Cl. The van der Waals surface area contributed by atoms with E-state index in [4.69, 9.17) is 11.5 Å². The van der Waals surface area contributed by atoms with Crippen LogP contribution in [-0.2, 0) is 0 Å². The molecule has 0 aromatic heterocycles. The van der Waals surface area contributed by atoms with Crippen LogP contribution in [0.5, 0.6) is 0 Å². The molecule has 0 aliphatic carbocycles. The summed E-state index contributed by atoms with van der Waals surface area (Å²) in [6.45, 7) is 4.18. The van der Waals surface area contributed by atoms with Crippen molar-refractivity contribution in [3.63, 3.8) is 0 Å². The summed E-state index contributed by atoms with van der Waals surface area (Å²) in [5, 5.41) is 0. The Kier molecular flexibility index (Phi) is 9.07. The minimum atomic E-state index is -0.0544. The molecule has 2 nitrogen and oxygen atoms in total. The van der Waals surface area contributed by atoms with Gasteiger partial charge in [-0.25, -0.2) is 0 Å². The smallest absolute Gasteiger partial charge is 0.0451 e. The second-order valence-corrected chi connectivity index (χ2v) is 3.76. The van der Waals surface area contributed by atoms with Gasteiger partial charge >= 0.3 is 0 Å². The minimum Gasteiger partial charge on any atom is -0.326 e. The van der Waals surface area contributed by atoms with Crippen molar-refractivity contribution in [2.24, 2.45) is 17.4 Å². The molecule has 1 aromatic rings. The molecular weight excluding hydrogens is 231 g/mol. The molecule has 2 atom stereocenters. The van der Waals surface area contributed by atoms with Crippen LogP contribution in [0.25, 0.3) is 0 Å². The molecule has 4 heteroatoms. The first-order valence-corrected chi connectivity index (χ1v) is 4.69. The van der Waals surface area contributed by atoms with E-state index in [2.05, 4.69) is 13.8 Å². The summed E-state index contributed by atoms with van der Waals surface area (Å²) in [6.07, 6.45) is 0. The van der Waals surface area contributed by atoms with Crippen LogP contribution in [-0.4, -0.2) is 6.04 Å². The van der Waals surface area contributed by atoms with Gasteiger partial charge in [0.25, 0.3) is 0 Å². The van der Waals surface area contributed by atoms with Crippen molar-refractivity contribution in [1.29, 1.82) is 0 Å². The summed E-state index contributed by atoms with van der Waals surface area (Å²) < 4.78 is 0. The van der Waals surface area contributed by atoms with Crippen LogP contribution in [0, 0.1) is 5.92 Å². The Morgan fingerprint density at radius 1 is 0.933 bits per heavy atom. The topological polar surface area (TPSA) is 52.0 Å². The van der Waals surface area contributed by atoms with Gasteiger partial charge in [0, 0.05) is 12.1 Å². The highest BCUT2D eigenvalue weighted by Crippen LogP contribution is 2.16. The van der Waals surface area contributed by atoms with Gasteiger partial charge in [0.2, 0.25) is 0 Å². The zero-order valence-electron chi connectivity index (χ0n) is 9.09. The lowest BCUT2D eigenvalue weighted by Gasteiger charge is -2.23. The van der Waals surface area contributed by atoms with Gasteiger partial charge in [-0.15, -0.1) is 24.8 Å². The fourth-order valence-electron chi connectivity index (χ4n) is 1.31. The Morgan fingerprint density at radius 3 is 1.80 bits per heavy atom. The molecule has 4 N–H and O–H groups in total. The fraction of sp³-hybridized carbons (Fsp3) is 0.455. The van der Waals surface area contributed by atoms with E-state index in [1.165, 1.54) is 0 Å². The third kappa shape index (κ3) is 4.85. The van der Waals surface area contributed by atoms with Gasteiger partial charge in [-0.1, -0.05) is 44.2 Å². The van der Waals surface area contributed by atoms with Gasteiger partial charge in [0.05, 0.1) is 0 Å². The standard InChI is InChI=1S/C11H18N2.2ClH/c1-8(2)10(12)11(13)9-6-4-3-5-7-9;;/h3-8,10-11H,12-13H2,1-2H3;2*1H/t10-,11-;;/m1../s1. The van der Waals surface area contributed by atoms with Crippen molar-refractivity contribution in [3.05, 3.63) is 35.9 Å². The largest absolute Gasteiger partial charge is 0.326 e. The highest BCUT2D eigenvalue weighted by molar-refractivity contribution is 5.85. The molecule has 0 bridgehead atoms. The first kappa shape index (κ1) is 17.1. The molecule has 0 fully saturated rings. The van der Waals surface area contributed by atoms with E-state index in [1.54, 1.807) is 0 Å². The highest BCUT2D eigenvalue weighted by Gasteiger charge is 2.17. The Balaban J connectivity index is 0. The molecule has 1 rings (SSSR count). The van der Waals surface area contributed by atoms with Gasteiger partial charge in [0.1, 0.15) is 0 Å². The molecule has 0 saturated heterocycles. The Hall–Kier alpha value is -0.280. The van der Waals surface area contributed by atoms with Crippen molar-refractivity contribution < 1.29 is 0 Å². The maximum atomic E-state index is 6.01. The molecule has 0 radical (unpaired) electrons. The summed E-state index contributed by atoms with van der Waals surface area (Å²) in [5.41, 5.74) is 13.1. The molecule has 0 amide bonds. The molecule has 0 saturated carbocycles. The summed E-state index contributed by atoms with van der Waals surface area (Å²) in [5.74, 6) is 0.412. The molecule has 0 unspecified atom stereocenters. The molecule has 0 aliphatic heterocycles. The minimum absolute atomic E-state index is 0. The highest BCUT2D eigenvalue weighted by atomic mass is 35.5. The van der Waals surface area contributed by atoms with E-state index in [1.807, 2.05) is 30.3 Å². The van der Waals surface area contributed by atoms with Crippen LogP contribution >= 0.6 is 24.8 Å². The van der Waals surface area contributed by atoms with Gasteiger partial charge in [-0.05, 0) is 11.5 Å². The lowest BCUT2D eigenvalue weighted by Crippen LogP contribution is -2.38. The van der Waals surface area contributed by atoms with Crippen LogP contribution in [0.15, 0.2) is 30.3 Å². The van der Waals surface area contributed by atoms with Crippen LogP contribution in [0.3, 0.4) is 0 Å². The molecule has 1 aromatic carbocycles. The lowest BCUT2D eigenvalue weighted by atomic mass is 9.93. The van der Waals surface area contributed by atoms with Crippen LogP contribution in [0.4, 0.5) is 0 Å². The first-order chi connectivity index (χ1) is 6.13. The second kappa shape index (κ2) is 7.94. The molecular formula is C11H20Cl2N2. The summed E-state index contributed by atoms with van der Waals surface area (Å²) in [4.78, 5) is 0. The van der Waals surface area contributed by atoms with Gasteiger partial charge in [-0.2, -0.15) is 0 Å². The number of rotatable bonds is 3. The van der Waals surface area contributed by atoms with Gasteiger partial charge in [0.15, 0.2) is 0 Å². The summed E-state index contributed by atoms with van der Waals surface area (Å²) in [7, 11) is 0. The van der Waals surface area contributed by atoms with Gasteiger partial charge in [-0.3, -0.25) is 0 Å². The Morgan fingerprint density at radius 2 is 1.40 bits per heavy atom. The van der Waals surface area contributed by atoms with E-state index >= 15 is 0 Å². The average Bonchev–Trinajstić information content (AvgIpc) is 2.17. The number of hydrogen-bond acceptors (Lipinski definition) is 2. The first-order valence-electron chi connectivity index (χ1n) is 4.69. The van der Waals surface area contributed by atoms with E-state index in [-0.39, 0.29) is 36.9 Å². The normalized spacial score (nSPS) is 13.7. The summed E-state index contributed by atoms with van der Waals surface area (Å²) in [6, 6.07) is 9.98. The zero-order valence-corrected chi connectivity index (χ0v) is 10.7. The number of hydrogen-bond donors (Lipinski definition) is 2. The van der Waals surface area contributed by atoms with Crippen LogP contribution in [0.2, 0.25) is 0 Å². The number of halogens is 2. The zero-order chi connectivity index (χ0) is 9.84. The van der Waals surface area contributed by atoms with E-state index in [9.17, 15) is 0 Å². The number of nitrogens with two attached hydrogens (primary N) is 2. The predicted octanol–water partition coefficient (Wildman–Crippen LogP) is 2.51. The van der Waals surface area contributed by atoms with Gasteiger partial charge < -0.3 is 11.5 Å². The van der Waals surface area contributed by atoms with Crippen LogP contribution < -0.4 is 11.5 Å². The fourth-order valence-corrected chi connectivity index (χ4v) is 1.31. The van der Waals surface area contributed by atoms with Crippen molar-refractivity contribution in [1.82, 2.24) is 0 Å². The molecule has 0 aliphatic rings. The lowest BCUT2D eigenvalue weighted by molar-refractivity contribution is 0.423. The average molecular weight is 251 g/mol. The monoisotopic (exact) mass is 250 g/mol. The molecule has 0 heterocycles. The maximum Gasteiger partial charge on any atom is 0.0451 e. The number of benzene rings is 1. The Bertz CT molecular complexity index is 252. The van der Waals surface area contributed by atoms with Crippen molar-refractivity contribution >= 4 is 24.8 Å². The third-order valence-corrected chi connectivity index (χ3v) is 2.37. The predicted molar refractivity (Wildman–Crippen MR) is 70.7 cm³/mol.